The van der Waals surface area contributed by atoms with E-state index in [1.54, 1.807) is 6.08 Å². The number of aryl methyl sites for hydroxylation is 2. The molecule has 0 spiro atoms. The summed E-state index contributed by atoms with van der Waals surface area (Å²) in [5.74, 6) is 0.929. The van der Waals surface area contributed by atoms with Crippen molar-refractivity contribution in [1.82, 2.24) is 0 Å². The minimum Gasteiger partial charge on any atom is -0.493 e. The molecule has 120 valence electrons. The quantitative estimate of drug-likeness (QED) is 0.415. The lowest BCUT2D eigenvalue weighted by Crippen LogP contribution is -2.06. The number of rotatable bonds is 5. The molecule has 0 heterocycles. The Kier molecular flexibility index (Phi) is 5.99. The molecule has 0 fully saturated rings. The number of carbonyl (C=O) groups is 1. The molecule has 2 aromatic rings. The standard InChI is InChI=1S/C19H19BrO3/c1-4-22-17-10-9-16(20)12-15(17)8-11-18(21)23-19-13(2)6-5-7-14(19)3/h5-12H,4H2,1-3H3/b11-8+. The first-order valence-electron chi connectivity index (χ1n) is 7.39. The number of carbonyl (C=O) groups excluding carboxylic acids is 1. The average molecular weight is 375 g/mol. The van der Waals surface area contributed by atoms with Gasteiger partial charge in [-0.15, -0.1) is 0 Å². The Labute approximate surface area is 145 Å². The van der Waals surface area contributed by atoms with Gasteiger partial charge >= 0.3 is 5.97 Å². The van der Waals surface area contributed by atoms with Gasteiger partial charge in [-0.3, -0.25) is 0 Å². The van der Waals surface area contributed by atoms with Gasteiger partial charge in [-0.2, -0.15) is 0 Å². The zero-order chi connectivity index (χ0) is 16.8. The van der Waals surface area contributed by atoms with Gasteiger partial charge < -0.3 is 9.47 Å². The van der Waals surface area contributed by atoms with Crippen LogP contribution in [-0.4, -0.2) is 12.6 Å². The fourth-order valence-corrected chi connectivity index (χ4v) is 2.57. The van der Waals surface area contributed by atoms with Gasteiger partial charge in [0.1, 0.15) is 11.5 Å². The van der Waals surface area contributed by atoms with Gasteiger partial charge in [-0.25, -0.2) is 4.79 Å². The zero-order valence-electron chi connectivity index (χ0n) is 13.4. The van der Waals surface area contributed by atoms with Gasteiger partial charge in [0.2, 0.25) is 0 Å². The smallest absolute Gasteiger partial charge is 0.336 e. The SMILES string of the molecule is CCOc1ccc(Br)cc1/C=C/C(=O)Oc1c(C)cccc1C. The summed E-state index contributed by atoms with van der Waals surface area (Å²) in [5, 5.41) is 0. The van der Waals surface area contributed by atoms with Crippen LogP contribution in [0.1, 0.15) is 23.6 Å². The van der Waals surface area contributed by atoms with Crippen LogP contribution >= 0.6 is 15.9 Å². The number of para-hydroxylation sites is 1. The third kappa shape index (κ3) is 4.70. The second kappa shape index (κ2) is 7.97. The molecular formula is C19H19BrO3. The van der Waals surface area contributed by atoms with E-state index in [4.69, 9.17) is 9.47 Å². The van der Waals surface area contributed by atoms with Crippen molar-refractivity contribution in [3.05, 3.63) is 63.6 Å². The molecule has 2 aromatic carbocycles. The summed E-state index contributed by atoms with van der Waals surface area (Å²) in [6, 6.07) is 11.4. The molecule has 0 saturated carbocycles. The number of hydrogen-bond acceptors (Lipinski definition) is 3. The van der Waals surface area contributed by atoms with Crippen molar-refractivity contribution in [3.63, 3.8) is 0 Å². The molecule has 3 nitrogen and oxygen atoms in total. The summed E-state index contributed by atoms with van der Waals surface area (Å²) in [4.78, 5) is 12.1. The molecule has 0 atom stereocenters. The molecule has 0 radical (unpaired) electrons. The minimum absolute atomic E-state index is 0.412. The number of hydrogen-bond donors (Lipinski definition) is 0. The first kappa shape index (κ1) is 17.3. The molecule has 2 rings (SSSR count). The van der Waals surface area contributed by atoms with Gasteiger partial charge in [-0.1, -0.05) is 34.1 Å². The zero-order valence-corrected chi connectivity index (χ0v) is 15.0. The van der Waals surface area contributed by atoms with Crippen molar-refractivity contribution in [2.24, 2.45) is 0 Å². The van der Waals surface area contributed by atoms with E-state index in [0.29, 0.717) is 12.4 Å². The van der Waals surface area contributed by atoms with Gasteiger partial charge in [0, 0.05) is 16.1 Å². The molecule has 0 unspecified atom stereocenters. The largest absolute Gasteiger partial charge is 0.493 e. The highest BCUT2D eigenvalue weighted by Crippen LogP contribution is 2.25. The normalized spacial score (nSPS) is 10.8. The maximum absolute atomic E-state index is 12.1. The van der Waals surface area contributed by atoms with Crippen LogP contribution in [-0.2, 0) is 4.79 Å². The second-order valence-corrected chi connectivity index (χ2v) is 6.01. The maximum Gasteiger partial charge on any atom is 0.336 e. The van der Waals surface area contributed by atoms with E-state index in [1.165, 1.54) is 6.08 Å². The molecule has 0 saturated heterocycles. The topological polar surface area (TPSA) is 35.5 Å². The van der Waals surface area contributed by atoms with Crippen LogP contribution in [0.4, 0.5) is 0 Å². The highest BCUT2D eigenvalue weighted by Gasteiger charge is 2.08. The second-order valence-electron chi connectivity index (χ2n) is 5.09. The number of halogens is 1. The van der Waals surface area contributed by atoms with Gasteiger partial charge in [0.15, 0.2) is 0 Å². The molecule has 0 aromatic heterocycles. The van der Waals surface area contributed by atoms with Crippen molar-refractivity contribution in [2.45, 2.75) is 20.8 Å². The lowest BCUT2D eigenvalue weighted by atomic mass is 10.1. The van der Waals surface area contributed by atoms with Crippen molar-refractivity contribution in [2.75, 3.05) is 6.61 Å². The Morgan fingerprint density at radius 3 is 2.52 bits per heavy atom. The first-order valence-corrected chi connectivity index (χ1v) is 8.19. The van der Waals surface area contributed by atoms with Gasteiger partial charge in [-0.05, 0) is 56.2 Å². The van der Waals surface area contributed by atoms with Crippen molar-refractivity contribution >= 4 is 28.0 Å². The fraction of sp³-hybridized carbons (Fsp3) is 0.211. The van der Waals surface area contributed by atoms with E-state index in [0.717, 1.165) is 26.9 Å². The van der Waals surface area contributed by atoms with Crippen LogP contribution in [0.5, 0.6) is 11.5 Å². The summed E-state index contributed by atoms with van der Waals surface area (Å²) in [5.41, 5.74) is 2.69. The predicted octanol–water partition coefficient (Wildman–Crippen LogP) is 5.08. The summed E-state index contributed by atoms with van der Waals surface area (Å²) in [6.45, 7) is 6.32. The molecule has 23 heavy (non-hydrogen) atoms. The van der Waals surface area contributed by atoms with E-state index < -0.39 is 5.97 Å². The fourth-order valence-electron chi connectivity index (χ4n) is 2.19. The molecule has 0 bridgehead atoms. The monoisotopic (exact) mass is 374 g/mol. The number of benzene rings is 2. The van der Waals surface area contributed by atoms with Gasteiger partial charge in [0.25, 0.3) is 0 Å². The van der Waals surface area contributed by atoms with E-state index in [9.17, 15) is 4.79 Å². The first-order chi connectivity index (χ1) is 11.0. The van der Waals surface area contributed by atoms with E-state index in [2.05, 4.69) is 15.9 Å². The highest BCUT2D eigenvalue weighted by atomic mass is 79.9. The molecule has 0 aliphatic heterocycles. The van der Waals surface area contributed by atoms with Gasteiger partial charge in [0.05, 0.1) is 6.61 Å². The summed E-state index contributed by atoms with van der Waals surface area (Å²) >= 11 is 3.42. The molecule has 4 heteroatoms. The van der Waals surface area contributed by atoms with Crippen LogP contribution in [0.3, 0.4) is 0 Å². The Morgan fingerprint density at radius 2 is 1.87 bits per heavy atom. The Hall–Kier alpha value is -2.07. The molecule has 0 aliphatic carbocycles. The van der Waals surface area contributed by atoms with Crippen molar-refractivity contribution in [1.29, 1.82) is 0 Å². The molecule has 0 N–H and O–H groups in total. The highest BCUT2D eigenvalue weighted by molar-refractivity contribution is 9.10. The number of esters is 1. The third-order valence-electron chi connectivity index (χ3n) is 3.28. The van der Waals surface area contributed by atoms with Crippen LogP contribution < -0.4 is 9.47 Å². The van der Waals surface area contributed by atoms with E-state index in [1.807, 2.05) is 57.2 Å². The predicted molar refractivity (Wildman–Crippen MR) is 95.9 cm³/mol. The molecule has 0 aliphatic rings. The summed E-state index contributed by atoms with van der Waals surface area (Å²) in [7, 11) is 0. The van der Waals surface area contributed by atoms with Crippen LogP contribution in [0.25, 0.3) is 6.08 Å². The lowest BCUT2D eigenvalue weighted by molar-refractivity contribution is -0.129. The average Bonchev–Trinajstić information content (AvgIpc) is 2.51. The Bertz CT molecular complexity index is 715. The van der Waals surface area contributed by atoms with E-state index in [-0.39, 0.29) is 0 Å². The van der Waals surface area contributed by atoms with E-state index >= 15 is 0 Å². The van der Waals surface area contributed by atoms with Crippen molar-refractivity contribution < 1.29 is 14.3 Å². The lowest BCUT2D eigenvalue weighted by Gasteiger charge is -2.09. The number of ether oxygens (including phenoxy) is 2. The Morgan fingerprint density at radius 1 is 1.17 bits per heavy atom. The minimum atomic E-state index is -0.412. The molecule has 0 amide bonds. The summed E-state index contributed by atoms with van der Waals surface area (Å²) < 4.78 is 11.9. The van der Waals surface area contributed by atoms with Crippen LogP contribution in [0.2, 0.25) is 0 Å². The van der Waals surface area contributed by atoms with Crippen LogP contribution in [0, 0.1) is 13.8 Å². The maximum atomic E-state index is 12.1. The van der Waals surface area contributed by atoms with Crippen LogP contribution in [0.15, 0.2) is 46.9 Å². The van der Waals surface area contributed by atoms with Crippen molar-refractivity contribution in [3.8, 4) is 11.5 Å². The third-order valence-corrected chi connectivity index (χ3v) is 3.78. The summed E-state index contributed by atoms with van der Waals surface area (Å²) in [6.07, 6.45) is 3.11. The Balaban J connectivity index is 2.17. The molecular weight excluding hydrogens is 356 g/mol.